The van der Waals surface area contributed by atoms with Crippen LogP contribution in [0.1, 0.15) is 64.4 Å². The molecule has 1 aromatic carbocycles. The number of hydroxylamine groups is 2. The summed E-state index contributed by atoms with van der Waals surface area (Å²) < 4.78 is 10.7. The zero-order chi connectivity index (χ0) is 28.3. The Balaban J connectivity index is 2.83. The fraction of sp³-hybridized carbons (Fsp3) is 0.500. The Morgan fingerprint density at radius 3 is 2.03 bits per heavy atom. The van der Waals surface area contributed by atoms with Gasteiger partial charge in [-0.2, -0.15) is 5.10 Å². The average Bonchev–Trinajstić information content (AvgIpc) is 3.01. The molecule has 0 spiro atoms. The van der Waals surface area contributed by atoms with Gasteiger partial charge in [0.05, 0.1) is 11.3 Å². The highest BCUT2D eigenvalue weighted by atomic mass is 16.8. The van der Waals surface area contributed by atoms with Crippen molar-refractivity contribution < 1.29 is 43.4 Å². The number of rotatable bonds is 5. The molecule has 1 unspecified atom stereocenters. The van der Waals surface area contributed by atoms with Crippen LogP contribution in [-0.4, -0.2) is 81.6 Å². The molecule has 2 rings (SSSR count). The molecule has 13 heteroatoms. The summed E-state index contributed by atoms with van der Waals surface area (Å²) in [5, 5.41) is 18.8. The van der Waals surface area contributed by atoms with Crippen LogP contribution in [0.15, 0.2) is 34.5 Å². The van der Waals surface area contributed by atoms with E-state index in [1.807, 2.05) is 0 Å². The molecule has 1 heterocycles. The summed E-state index contributed by atoms with van der Waals surface area (Å²) in [5.74, 6) is -2.00. The Bertz CT molecular complexity index is 1130. The molecule has 0 fully saturated rings. The number of hydrogen-bond acceptors (Lipinski definition) is 10. The number of carboxylic acid groups (broad SMARTS) is 1. The van der Waals surface area contributed by atoms with Crippen molar-refractivity contribution in [1.29, 1.82) is 0 Å². The number of oxime groups is 1. The fourth-order valence-electron chi connectivity index (χ4n) is 3.39. The maximum Gasteiger partial charge on any atom is 0.534 e. The van der Waals surface area contributed by atoms with Gasteiger partial charge in [0, 0.05) is 12.6 Å². The molecule has 0 saturated carbocycles. The van der Waals surface area contributed by atoms with Crippen molar-refractivity contribution in [2.45, 2.75) is 65.2 Å². The van der Waals surface area contributed by atoms with Crippen LogP contribution in [0.25, 0.3) is 0 Å². The standard InChI is InChI=1S/C24H32N4O9/c1-14(26-34-9)24(28(20(32)35-22(2,3)4)37-21(33)36-23(5,6)7)17(25-27(8)19(24)31)15-10-12-16(13-11-15)18(29)30/h10-13H,1-9H3,(H,29,30). The lowest BCUT2D eigenvalue weighted by atomic mass is 9.83. The monoisotopic (exact) mass is 520 g/mol. The Hall–Kier alpha value is -4.16. The number of ether oxygens (including phenoxy) is 2. The van der Waals surface area contributed by atoms with E-state index in [1.165, 1.54) is 45.3 Å². The number of aromatic carboxylic acids is 1. The number of hydrogen-bond donors (Lipinski definition) is 1. The second-order valence-electron chi connectivity index (χ2n) is 10.1. The highest BCUT2D eigenvalue weighted by Crippen LogP contribution is 2.34. The third-order valence-electron chi connectivity index (χ3n) is 4.77. The van der Waals surface area contributed by atoms with E-state index >= 15 is 0 Å². The van der Waals surface area contributed by atoms with E-state index in [0.717, 1.165) is 5.01 Å². The van der Waals surface area contributed by atoms with Gasteiger partial charge in [0.15, 0.2) is 0 Å². The Labute approximate surface area is 214 Å². The van der Waals surface area contributed by atoms with E-state index in [0.29, 0.717) is 5.06 Å². The number of hydrazone groups is 1. The van der Waals surface area contributed by atoms with E-state index < -0.39 is 40.9 Å². The minimum atomic E-state index is -2.30. The van der Waals surface area contributed by atoms with Gasteiger partial charge in [-0.15, -0.1) is 5.06 Å². The van der Waals surface area contributed by atoms with Crippen LogP contribution >= 0.6 is 0 Å². The van der Waals surface area contributed by atoms with E-state index in [9.17, 15) is 24.3 Å². The molecule has 1 atom stereocenters. The summed E-state index contributed by atoms with van der Waals surface area (Å²) in [5.41, 5.74) is -4.40. The largest absolute Gasteiger partial charge is 0.534 e. The Morgan fingerprint density at radius 1 is 1.03 bits per heavy atom. The number of carbonyl (C=O) groups is 4. The minimum Gasteiger partial charge on any atom is -0.478 e. The van der Waals surface area contributed by atoms with Gasteiger partial charge >= 0.3 is 18.2 Å². The number of nitrogens with zero attached hydrogens (tertiary/aromatic N) is 4. The molecule has 202 valence electrons. The lowest BCUT2D eigenvalue weighted by molar-refractivity contribution is -0.169. The first kappa shape index (κ1) is 29.1. The van der Waals surface area contributed by atoms with Crippen molar-refractivity contribution in [3.63, 3.8) is 0 Å². The number of likely N-dealkylation sites (N-methyl/N-ethyl adjacent to an activating group) is 1. The zero-order valence-electron chi connectivity index (χ0n) is 22.3. The molecule has 1 N–H and O–H groups in total. The third kappa shape index (κ3) is 6.35. The molecule has 1 aromatic rings. The van der Waals surface area contributed by atoms with Gasteiger partial charge in [-0.05, 0) is 60.6 Å². The number of amides is 2. The van der Waals surface area contributed by atoms with Crippen molar-refractivity contribution in [1.82, 2.24) is 10.1 Å². The summed E-state index contributed by atoms with van der Waals surface area (Å²) in [7, 11) is 2.56. The highest BCUT2D eigenvalue weighted by Gasteiger charge is 2.63. The molecule has 0 radical (unpaired) electrons. The second kappa shape index (κ2) is 10.4. The lowest BCUT2D eigenvalue weighted by Crippen LogP contribution is -2.66. The molecule has 1 aliphatic heterocycles. The molecule has 13 nitrogen and oxygen atoms in total. The summed E-state index contributed by atoms with van der Waals surface area (Å²) in [6.45, 7) is 10.9. The van der Waals surface area contributed by atoms with Crippen molar-refractivity contribution in [2.24, 2.45) is 10.3 Å². The summed E-state index contributed by atoms with van der Waals surface area (Å²) >= 11 is 0. The van der Waals surface area contributed by atoms with Crippen LogP contribution in [0.5, 0.6) is 0 Å². The second-order valence-corrected chi connectivity index (χ2v) is 10.1. The topological polar surface area (TPSA) is 157 Å². The number of benzene rings is 1. The molecular weight excluding hydrogens is 488 g/mol. The van der Waals surface area contributed by atoms with Gasteiger partial charge in [-0.25, -0.2) is 19.4 Å². The molecule has 2 amide bonds. The molecule has 0 saturated heterocycles. The van der Waals surface area contributed by atoms with E-state index in [1.54, 1.807) is 41.5 Å². The average molecular weight is 521 g/mol. The summed E-state index contributed by atoms with van der Waals surface area (Å²) in [4.78, 5) is 61.7. The van der Waals surface area contributed by atoms with Crippen molar-refractivity contribution in [3.05, 3.63) is 35.4 Å². The highest BCUT2D eigenvalue weighted by molar-refractivity contribution is 6.38. The van der Waals surface area contributed by atoms with E-state index in [-0.39, 0.29) is 22.6 Å². The number of carboxylic acids is 1. The van der Waals surface area contributed by atoms with E-state index in [2.05, 4.69) is 10.3 Å². The normalized spacial score (nSPS) is 18.2. The molecule has 0 aromatic heterocycles. The van der Waals surface area contributed by atoms with Gasteiger partial charge in [0.1, 0.15) is 24.0 Å². The molecule has 0 bridgehead atoms. The zero-order valence-corrected chi connectivity index (χ0v) is 22.3. The van der Waals surface area contributed by atoms with Crippen LogP contribution < -0.4 is 0 Å². The van der Waals surface area contributed by atoms with Crippen LogP contribution in [0.4, 0.5) is 9.59 Å². The van der Waals surface area contributed by atoms with Crippen molar-refractivity contribution in [3.8, 4) is 0 Å². The SMILES string of the molecule is CON=C(C)C1(N(OC(=O)OC(C)(C)C)C(=O)OC(C)(C)C)C(=O)N(C)N=C1c1ccc(C(=O)O)cc1. The van der Waals surface area contributed by atoms with Crippen LogP contribution in [0.2, 0.25) is 0 Å². The molecular formula is C24H32N4O9. The Morgan fingerprint density at radius 2 is 1.57 bits per heavy atom. The maximum atomic E-state index is 13.8. The first-order valence-electron chi connectivity index (χ1n) is 11.2. The van der Waals surface area contributed by atoms with Crippen LogP contribution in [0, 0.1) is 0 Å². The summed E-state index contributed by atoms with van der Waals surface area (Å²) in [6.07, 6.45) is -2.52. The number of carbonyl (C=O) groups excluding carboxylic acids is 3. The smallest absolute Gasteiger partial charge is 0.478 e. The van der Waals surface area contributed by atoms with Crippen LogP contribution in [0.3, 0.4) is 0 Å². The van der Waals surface area contributed by atoms with Gasteiger partial charge in [0.2, 0.25) is 5.54 Å². The summed E-state index contributed by atoms with van der Waals surface area (Å²) in [6, 6.07) is 5.38. The first-order chi connectivity index (χ1) is 16.9. The molecule has 37 heavy (non-hydrogen) atoms. The predicted molar refractivity (Wildman–Crippen MR) is 131 cm³/mol. The van der Waals surface area contributed by atoms with Gasteiger partial charge in [0.25, 0.3) is 5.91 Å². The predicted octanol–water partition coefficient (Wildman–Crippen LogP) is 3.43. The maximum absolute atomic E-state index is 13.8. The minimum absolute atomic E-state index is 0.0242. The quantitative estimate of drug-likeness (QED) is 0.349. The van der Waals surface area contributed by atoms with Crippen molar-refractivity contribution in [2.75, 3.05) is 14.2 Å². The first-order valence-corrected chi connectivity index (χ1v) is 11.2. The van der Waals surface area contributed by atoms with Gasteiger partial charge < -0.3 is 19.4 Å². The lowest BCUT2D eigenvalue weighted by Gasteiger charge is -2.37. The molecule has 0 aliphatic carbocycles. The third-order valence-corrected chi connectivity index (χ3v) is 4.77. The fourth-order valence-corrected chi connectivity index (χ4v) is 3.39. The molecule has 1 aliphatic rings. The van der Waals surface area contributed by atoms with Gasteiger partial charge in [-0.1, -0.05) is 17.3 Å². The van der Waals surface area contributed by atoms with Crippen molar-refractivity contribution >= 4 is 35.5 Å². The van der Waals surface area contributed by atoms with Gasteiger partial charge in [-0.3, -0.25) is 9.63 Å². The van der Waals surface area contributed by atoms with E-state index in [4.69, 9.17) is 19.1 Å². The Kier molecular flexibility index (Phi) is 8.21. The van der Waals surface area contributed by atoms with Crippen LogP contribution in [-0.2, 0) is 23.9 Å².